The first-order chi connectivity index (χ1) is 27.3. The fourth-order valence-corrected chi connectivity index (χ4v) is 8.75. The summed E-state index contributed by atoms with van der Waals surface area (Å²) in [7, 11) is 0. The number of hydrogen-bond acceptors (Lipinski definition) is 4. The molecule has 0 saturated carbocycles. The Kier molecular flexibility index (Phi) is 8.36. The summed E-state index contributed by atoms with van der Waals surface area (Å²) in [6.07, 6.45) is 0. The maximum absolute atomic E-state index is 5.39. The van der Waals surface area contributed by atoms with Gasteiger partial charge in [0.2, 0.25) is 0 Å². The van der Waals surface area contributed by atoms with Crippen molar-refractivity contribution in [3.63, 3.8) is 0 Å². The van der Waals surface area contributed by atoms with E-state index < -0.39 is 0 Å². The highest BCUT2D eigenvalue weighted by molar-refractivity contribution is 7.24. The standard InChI is InChI=1S/C51H33N3S/c1-5-15-34(16-6-1)35-25-27-36(28-26-35)44-33-45(54-51(53-44)41-21-11-4-12-22-41)37-29-31-39(32-30-37)48-47-46(38-17-7-2-8-18-38)49(40-19-9-3-10-20-40)55-50(47)42-23-13-14-24-43(42)52-48/h1-33H. The van der Waals surface area contributed by atoms with E-state index in [9.17, 15) is 0 Å². The monoisotopic (exact) mass is 719 g/mol. The Hall–Kier alpha value is -7.01. The summed E-state index contributed by atoms with van der Waals surface area (Å²) in [5.74, 6) is 0.696. The van der Waals surface area contributed by atoms with Gasteiger partial charge >= 0.3 is 0 Å². The molecule has 0 radical (unpaired) electrons. The molecule has 10 aromatic rings. The lowest BCUT2D eigenvalue weighted by Crippen LogP contribution is -1.96. The third kappa shape index (κ3) is 6.19. The summed E-state index contributed by atoms with van der Waals surface area (Å²) >= 11 is 1.85. The SMILES string of the molecule is c1ccc(-c2ccc(-c3cc(-c4ccc(-c5nc6ccccc6c6sc(-c7ccccc7)c(-c7ccccc7)c56)cc4)nc(-c4ccccc4)n3)cc2)cc1. The first kappa shape index (κ1) is 32.6. The molecule has 0 bridgehead atoms. The molecule has 55 heavy (non-hydrogen) atoms. The highest BCUT2D eigenvalue weighted by Gasteiger charge is 2.22. The lowest BCUT2D eigenvalue weighted by atomic mass is 9.94. The molecule has 0 amide bonds. The van der Waals surface area contributed by atoms with Crippen molar-refractivity contribution in [3.8, 4) is 77.9 Å². The second-order valence-electron chi connectivity index (χ2n) is 13.6. The van der Waals surface area contributed by atoms with Crippen LogP contribution >= 0.6 is 11.3 Å². The Balaban J connectivity index is 1.12. The third-order valence-corrected chi connectivity index (χ3v) is 11.4. The molecule has 258 valence electrons. The molecule has 3 aromatic heterocycles. The molecular weight excluding hydrogens is 687 g/mol. The number of nitrogens with zero attached hydrogens (tertiary/aromatic N) is 3. The molecule has 0 atom stereocenters. The van der Waals surface area contributed by atoms with Crippen LogP contribution in [0, 0.1) is 0 Å². The van der Waals surface area contributed by atoms with Gasteiger partial charge in [-0.3, -0.25) is 0 Å². The average Bonchev–Trinajstić information content (AvgIpc) is 3.69. The molecule has 0 saturated heterocycles. The van der Waals surface area contributed by atoms with E-state index in [2.05, 4.69) is 176 Å². The molecular formula is C51H33N3S. The molecule has 3 nitrogen and oxygen atoms in total. The molecule has 10 rings (SSSR count). The van der Waals surface area contributed by atoms with Crippen LogP contribution in [0.4, 0.5) is 0 Å². The quantitative estimate of drug-likeness (QED) is 0.165. The normalized spacial score (nSPS) is 11.3. The van der Waals surface area contributed by atoms with Gasteiger partial charge in [-0.25, -0.2) is 15.0 Å². The highest BCUT2D eigenvalue weighted by atomic mass is 32.1. The van der Waals surface area contributed by atoms with E-state index in [1.807, 2.05) is 35.6 Å². The molecule has 0 spiro atoms. The minimum Gasteiger partial charge on any atom is -0.247 e. The van der Waals surface area contributed by atoms with Crippen molar-refractivity contribution in [1.29, 1.82) is 0 Å². The Morgan fingerprint density at radius 2 is 0.800 bits per heavy atom. The molecule has 0 aliphatic heterocycles. The van der Waals surface area contributed by atoms with E-state index in [4.69, 9.17) is 15.0 Å². The maximum Gasteiger partial charge on any atom is 0.160 e. The van der Waals surface area contributed by atoms with Crippen molar-refractivity contribution in [2.24, 2.45) is 0 Å². The van der Waals surface area contributed by atoms with Crippen molar-refractivity contribution in [2.45, 2.75) is 0 Å². The van der Waals surface area contributed by atoms with Gasteiger partial charge in [0, 0.05) is 48.2 Å². The minimum absolute atomic E-state index is 0.696. The first-order valence-corrected chi connectivity index (χ1v) is 19.3. The average molecular weight is 720 g/mol. The van der Waals surface area contributed by atoms with Crippen molar-refractivity contribution in [1.82, 2.24) is 15.0 Å². The van der Waals surface area contributed by atoms with E-state index >= 15 is 0 Å². The van der Waals surface area contributed by atoms with Gasteiger partial charge in [0.05, 0.1) is 22.6 Å². The number of thiophene rings is 1. The van der Waals surface area contributed by atoms with Crippen LogP contribution in [0.25, 0.3) is 98.8 Å². The molecule has 7 aromatic carbocycles. The van der Waals surface area contributed by atoms with E-state index in [-0.39, 0.29) is 0 Å². The predicted molar refractivity (Wildman–Crippen MR) is 231 cm³/mol. The Labute approximate surface area is 323 Å². The zero-order valence-corrected chi connectivity index (χ0v) is 30.6. The van der Waals surface area contributed by atoms with Gasteiger partial charge in [-0.05, 0) is 34.4 Å². The number of aromatic nitrogens is 3. The van der Waals surface area contributed by atoms with Crippen LogP contribution in [0.2, 0.25) is 0 Å². The first-order valence-electron chi connectivity index (χ1n) is 18.4. The zero-order chi connectivity index (χ0) is 36.6. The van der Waals surface area contributed by atoms with Gasteiger partial charge in [0.25, 0.3) is 0 Å². The Morgan fingerprint density at radius 1 is 0.345 bits per heavy atom. The molecule has 3 heterocycles. The highest BCUT2D eigenvalue weighted by Crippen LogP contribution is 2.50. The molecule has 4 heteroatoms. The Bertz CT molecular complexity index is 2920. The van der Waals surface area contributed by atoms with Crippen LogP contribution in [0.1, 0.15) is 0 Å². The number of para-hydroxylation sites is 1. The van der Waals surface area contributed by atoms with Gasteiger partial charge < -0.3 is 0 Å². The third-order valence-electron chi connectivity index (χ3n) is 10.1. The number of rotatable bonds is 7. The fraction of sp³-hybridized carbons (Fsp3) is 0. The Morgan fingerprint density at radius 3 is 1.40 bits per heavy atom. The zero-order valence-electron chi connectivity index (χ0n) is 29.8. The van der Waals surface area contributed by atoms with Crippen LogP contribution in [-0.4, -0.2) is 15.0 Å². The summed E-state index contributed by atoms with van der Waals surface area (Å²) in [5.41, 5.74) is 13.8. The summed E-state index contributed by atoms with van der Waals surface area (Å²) in [4.78, 5) is 16.8. The molecule has 0 aliphatic rings. The van der Waals surface area contributed by atoms with Gasteiger partial charge in [0.1, 0.15) is 0 Å². The second kappa shape index (κ2) is 14.1. The van der Waals surface area contributed by atoms with Crippen LogP contribution in [0.3, 0.4) is 0 Å². The van der Waals surface area contributed by atoms with Gasteiger partial charge in [-0.2, -0.15) is 0 Å². The summed E-state index contributed by atoms with van der Waals surface area (Å²) < 4.78 is 1.24. The second-order valence-corrected chi connectivity index (χ2v) is 14.6. The molecule has 0 fully saturated rings. The van der Waals surface area contributed by atoms with E-state index in [1.54, 1.807) is 0 Å². The van der Waals surface area contributed by atoms with Gasteiger partial charge in [0.15, 0.2) is 5.82 Å². The van der Waals surface area contributed by atoms with Crippen LogP contribution < -0.4 is 0 Å². The molecule has 0 N–H and O–H groups in total. The van der Waals surface area contributed by atoms with Crippen LogP contribution in [0.5, 0.6) is 0 Å². The summed E-state index contributed by atoms with van der Waals surface area (Å²) in [5, 5.41) is 2.34. The van der Waals surface area contributed by atoms with E-state index in [1.165, 1.54) is 48.2 Å². The van der Waals surface area contributed by atoms with E-state index in [0.717, 1.165) is 44.9 Å². The maximum atomic E-state index is 5.39. The van der Waals surface area contributed by atoms with Crippen LogP contribution in [0.15, 0.2) is 200 Å². The minimum atomic E-state index is 0.696. The lowest BCUT2D eigenvalue weighted by Gasteiger charge is -2.12. The fourth-order valence-electron chi connectivity index (χ4n) is 7.39. The summed E-state index contributed by atoms with van der Waals surface area (Å²) in [6, 6.07) is 70.1. The molecule has 0 aliphatic carbocycles. The van der Waals surface area contributed by atoms with Crippen LogP contribution in [-0.2, 0) is 0 Å². The van der Waals surface area contributed by atoms with Crippen molar-refractivity contribution >= 4 is 32.3 Å². The van der Waals surface area contributed by atoms with Gasteiger partial charge in [-0.1, -0.05) is 188 Å². The van der Waals surface area contributed by atoms with Crippen molar-refractivity contribution in [2.75, 3.05) is 0 Å². The molecule has 0 unspecified atom stereocenters. The topological polar surface area (TPSA) is 38.7 Å². The predicted octanol–water partition coefficient (Wildman–Crippen LogP) is 13.9. The van der Waals surface area contributed by atoms with Gasteiger partial charge in [-0.15, -0.1) is 11.3 Å². The van der Waals surface area contributed by atoms with Crippen molar-refractivity contribution < 1.29 is 0 Å². The smallest absolute Gasteiger partial charge is 0.160 e. The number of pyridine rings is 1. The van der Waals surface area contributed by atoms with E-state index in [0.29, 0.717) is 5.82 Å². The largest absolute Gasteiger partial charge is 0.247 e. The summed E-state index contributed by atoms with van der Waals surface area (Å²) in [6.45, 7) is 0. The number of fused-ring (bicyclic) bond motifs is 3. The number of hydrogen-bond donors (Lipinski definition) is 0. The lowest BCUT2D eigenvalue weighted by molar-refractivity contribution is 1.18. The number of benzene rings is 7. The van der Waals surface area contributed by atoms with Crippen molar-refractivity contribution in [3.05, 3.63) is 200 Å².